The number of allylic oxidation sites excluding steroid dienone is 1. The summed E-state index contributed by atoms with van der Waals surface area (Å²) >= 11 is 0. The fourth-order valence-corrected chi connectivity index (χ4v) is 5.18. The predicted octanol–water partition coefficient (Wildman–Crippen LogP) is 2.97. The lowest BCUT2D eigenvalue weighted by Gasteiger charge is -2.40. The number of amides is 1. The molecule has 3 atom stereocenters. The lowest BCUT2D eigenvalue weighted by Crippen LogP contribution is -2.49. The summed E-state index contributed by atoms with van der Waals surface area (Å²) in [4.78, 5) is 27.9. The SMILES string of the molecule is CCC1=CN2CCC3(C(=O)Nc4ccccc43)C2CC1C(=COC)C(=O)OC. The van der Waals surface area contributed by atoms with Crippen LogP contribution in [0.15, 0.2) is 47.9 Å². The van der Waals surface area contributed by atoms with E-state index in [2.05, 4.69) is 29.4 Å². The standard InChI is InChI=1S/C22H26N2O4/c1-4-14-12-24-10-9-22(17-7-5-6-8-18(17)23-21(22)26)19(24)11-15(14)16(13-27-2)20(25)28-3/h5-8,12-13,15,19H,4,9-11H2,1-3H3,(H,23,26). The number of ether oxygens (including phenoxy) is 2. The molecule has 148 valence electrons. The van der Waals surface area contributed by atoms with Gasteiger partial charge in [-0.2, -0.15) is 0 Å². The van der Waals surface area contributed by atoms with Crippen molar-refractivity contribution < 1.29 is 19.1 Å². The maximum absolute atomic E-state index is 13.2. The van der Waals surface area contributed by atoms with Gasteiger partial charge in [0, 0.05) is 24.2 Å². The summed E-state index contributed by atoms with van der Waals surface area (Å²) in [7, 11) is 2.92. The maximum atomic E-state index is 13.2. The number of para-hydroxylation sites is 1. The maximum Gasteiger partial charge on any atom is 0.337 e. The van der Waals surface area contributed by atoms with Crippen LogP contribution >= 0.6 is 0 Å². The molecule has 1 aromatic rings. The number of nitrogens with zero attached hydrogens (tertiary/aromatic N) is 1. The molecule has 4 rings (SSSR count). The van der Waals surface area contributed by atoms with Crippen molar-refractivity contribution in [2.24, 2.45) is 5.92 Å². The lowest BCUT2D eigenvalue weighted by molar-refractivity contribution is -0.136. The van der Waals surface area contributed by atoms with E-state index in [9.17, 15) is 9.59 Å². The first-order valence-electron chi connectivity index (χ1n) is 9.75. The minimum Gasteiger partial charge on any atom is -0.504 e. The third kappa shape index (κ3) is 2.54. The summed E-state index contributed by atoms with van der Waals surface area (Å²) in [5.41, 5.74) is 3.05. The third-order valence-electron chi connectivity index (χ3n) is 6.48. The van der Waals surface area contributed by atoms with Crippen LogP contribution in [0.25, 0.3) is 0 Å². The molecule has 1 fully saturated rings. The minimum absolute atomic E-state index is 0.0126. The summed E-state index contributed by atoms with van der Waals surface area (Å²) in [6, 6.07) is 7.93. The van der Waals surface area contributed by atoms with Crippen LogP contribution < -0.4 is 5.32 Å². The highest BCUT2D eigenvalue weighted by Crippen LogP contribution is 2.52. The molecule has 3 heterocycles. The lowest BCUT2D eigenvalue weighted by atomic mass is 9.69. The Bertz CT molecular complexity index is 875. The van der Waals surface area contributed by atoms with Crippen LogP contribution in [0.1, 0.15) is 31.7 Å². The summed E-state index contributed by atoms with van der Waals surface area (Å²) in [6.07, 6.45) is 5.89. The quantitative estimate of drug-likeness (QED) is 0.493. The molecule has 0 bridgehead atoms. The van der Waals surface area contributed by atoms with Gasteiger partial charge in [0.1, 0.15) is 0 Å². The van der Waals surface area contributed by atoms with E-state index in [1.54, 1.807) is 0 Å². The second-order valence-corrected chi connectivity index (χ2v) is 7.62. The fourth-order valence-electron chi connectivity index (χ4n) is 5.18. The van der Waals surface area contributed by atoms with Gasteiger partial charge in [-0.05, 0) is 42.7 Å². The van der Waals surface area contributed by atoms with Crippen molar-refractivity contribution in [1.82, 2.24) is 4.90 Å². The van der Waals surface area contributed by atoms with Gasteiger partial charge >= 0.3 is 5.97 Å². The number of anilines is 1. The summed E-state index contributed by atoms with van der Waals surface area (Å²) < 4.78 is 10.2. The third-order valence-corrected chi connectivity index (χ3v) is 6.48. The molecule has 3 unspecified atom stereocenters. The molecule has 1 aromatic carbocycles. The van der Waals surface area contributed by atoms with Crippen molar-refractivity contribution in [3.05, 3.63) is 53.4 Å². The number of carbonyl (C=O) groups excluding carboxylic acids is 2. The van der Waals surface area contributed by atoms with Crippen molar-refractivity contribution in [3.8, 4) is 0 Å². The van der Waals surface area contributed by atoms with Crippen LogP contribution in [0.2, 0.25) is 0 Å². The number of methoxy groups -OCH3 is 2. The second-order valence-electron chi connectivity index (χ2n) is 7.62. The van der Waals surface area contributed by atoms with E-state index >= 15 is 0 Å². The van der Waals surface area contributed by atoms with Crippen molar-refractivity contribution >= 4 is 17.6 Å². The van der Waals surface area contributed by atoms with Crippen molar-refractivity contribution in [2.75, 3.05) is 26.1 Å². The summed E-state index contributed by atoms with van der Waals surface area (Å²) in [6.45, 7) is 2.91. The average molecular weight is 382 g/mol. The zero-order valence-corrected chi connectivity index (χ0v) is 16.5. The molecular formula is C22H26N2O4. The van der Waals surface area contributed by atoms with E-state index in [1.807, 2.05) is 18.2 Å². The summed E-state index contributed by atoms with van der Waals surface area (Å²) in [5.74, 6) is -0.458. The second kappa shape index (κ2) is 7.00. The first-order valence-corrected chi connectivity index (χ1v) is 9.75. The highest BCUT2D eigenvalue weighted by Gasteiger charge is 2.58. The normalized spacial score (nSPS) is 28.5. The number of rotatable bonds is 4. The van der Waals surface area contributed by atoms with Crippen LogP contribution in [0.5, 0.6) is 0 Å². The van der Waals surface area contributed by atoms with E-state index < -0.39 is 5.41 Å². The van der Waals surface area contributed by atoms with Gasteiger partial charge in [0.05, 0.1) is 31.5 Å². The number of benzene rings is 1. The van der Waals surface area contributed by atoms with Crippen LogP contribution in [0.3, 0.4) is 0 Å². The van der Waals surface area contributed by atoms with Crippen molar-refractivity contribution in [2.45, 2.75) is 37.6 Å². The number of nitrogens with one attached hydrogen (secondary N) is 1. The highest BCUT2D eigenvalue weighted by molar-refractivity contribution is 6.07. The number of hydrogen-bond acceptors (Lipinski definition) is 5. The summed E-state index contributed by atoms with van der Waals surface area (Å²) in [5, 5.41) is 3.07. The monoisotopic (exact) mass is 382 g/mol. The van der Waals surface area contributed by atoms with E-state index in [1.165, 1.54) is 20.5 Å². The molecule has 0 saturated carbocycles. The Balaban J connectivity index is 1.78. The molecule has 0 radical (unpaired) electrons. The highest BCUT2D eigenvalue weighted by atomic mass is 16.5. The van der Waals surface area contributed by atoms with Crippen molar-refractivity contribution in [1.29, 1.82) is 0 Å². The van der Waals surface area contributed by atoms with Gasteiger partial charge in [-0.1, -0.05) is 25.1 Å². The molecule has 3 aliphatic heterocycles. The number of esters is 1. The molecule has 1 spiro atoms. The van der Waals surface area contributed by atoms with Crippen molar-refractivity contribution in [3.63, 3.8) is 0 Å². The zero-order valence-electron chi connectivity index (χ0n) is 16.5. The Labute approximate surface area is 165 Å². The van der Waals surface area contributed by atoms with Crippen LogP contribution in [-0.4, -0.2) is 43.6 Å². The Morgan fingerprint density at radius 1 is 1.36 bits per heavy atom. The molecule has 6 nitrogen and oxygen atoms in total. The Morgan fingerprint density at radius 3 is 2.86 bits per heavy atom. The number of carbonyl (C=O) groups is 2. The molecule has 28 heavy (non-hydrogen) atoms. The predicted molar refractivity (Wildman–Crippen MR) is 105 cm³/mol. The van der Waals surface area contributed by atoms with Crippen LogP contribution in [-0.2, 0) is 24.5 Å². The van der Waals surface area contributed by atoms with E-state index in [-0.39, 0.29) is 23.8 Å². The van der Waals surface area contributed by atoms with Gasteiger partial charge in [0.25, 0.3) is 0 Å². The number of hydrogen-bond donors (Lipinski definition) is 1. The van der Waals surface area contributed by atoms with Gasteiger partial charge in [0.2, 0.25) is 5.91 Å². The van der Waals surface area contributed by atoms with E-state index in [4.69, 9.17) is 9.47 Å². The fraction of sp³-hybridized carbons (Fsp3) is 0.455. The van der Waals surface area contributed by atoms with Gasteiger partial charge in [-0.3, -0.25) is 4.79 Å². The number of fused-ring (bicyclic) bond motifs is 4. The molecule has 0 aromatic heterocycles. The van der Waals surface area contributed by atoms with Gasteiger partial charge in [0.15, 0.2) is 0 Å². The first-order chi connectivity index (χ1) is 13.6. The van der Waals surface area contributed by atoms with E-state index in [0.29, 0.717) is 12.0 Å². The Morgan fingerprint density at radius 2 is 2.14 bits per heavy atom. The van der Waals surface area contributed by atoms with Gasteiger partial charge in [-0.15, -0.1) is 0 Å². The van der Waals surface area contributed by atoms with Crippen LogP contribution in [0.4, 0.5) is 5.69 Å². The zero-order chi connectivity index (χ0) is 19.9. The van der Waals surface area contributed by atoms with Crippen LogP contribution in [0, 0.1) is 5.92 Å². The minimum atomic E-state index is -0.584. The largest absolute Gasteiger partial charge is 0.504 e. The van der Waals surface area contributed by atoms with Gasteiger partial charge < -0.3 is 19.7 Å². The molecule has 1 amide bonds. The average Bonchev–Trinajstić information content (AvgIpc) is 3.23. The smallest absolute Gasteiger partial charge is 0.337 e. The molecule has 3 aliphatic rings. The van der Waals surface area contributed by atoms with E-state index in [0.717, 1.165) is 36.2 Å². The molecule has 6 heteroatoms. The molecular weight excluding hydrogens is 356 g/mol. The molecule has 0 aliphatic carbocycles. The molecule has 1 saturated heterocycles. The topological polar surface area (TPSA) is 67.9 Å². The molecule has 1 N–H and O–H groups in total. The first kappa shape index (κ1) is 18.6. The Hall–Kier alpha value is -2.76. The van der Waals surface area contributed by atoms with Gasteiger partial charge in [-0.25, -0.2) is 4.79 Å². The Kier molecular flexibility index (Phi) is 4.65.